The van der Waals surface area contributed by atoms with Gasteiger partial charge in [0.25, 0.3) is 0 Å². The maximum atomic E-state index is 12.7. The van der Waals surface area contributed by atoms with Crippen LogP contribution < -0.4 is 5.32 Å². The highest BCUT2D eigenvalue weighted by atomic mass is 31.2. The zero-order chi connectivity index (χ0) is 15.0. The first-order valence-electron chi connectivity index (χ1n) is 6.40. The van der Waals surface area contributed by atoms with Crippen LogP contribution in [0.1, 0.15) is 12.5 Å². The van der Waals surface area contributed by atoms with Crippen LogP contribution in [-0.4, -0.2) is 26.5 Å². The molecule has 0 bridgehead atoms. The van der Waals surface area contributed by atoms with Crippen LogP contribution in [0.15, 0.2) is 49.1 Å². The third-order valence-electron chi connectivity index (χ3n) is 2.99. The number of hydrogen-bond donors (Lipinski definition) is 1. The largest absolute Gasteiger partial charge is 0.351 e. The van der Waals surface area contributed by atoms with Crippen molar-refractivity contribution in [2.75, 3.05) is 20.8 Å². The Hall–Kier alpha value is -1.19. The lowest BCUT2D eigenvalue weighted by Crippen LogP contribution is -2.31. The molecule has 0 heterocycles. The van der Waals surface area contributed by atoms with Crippen molar-refractivity contribution in [2.45, 2.75) is 12.7 Å². The van der Waals surface area contributed by atoms with Gasteiger partial charge in [-0.25, -0.2) is 0 Å². The second-order valence-corrected chi connectivity index (χ2v) is 6.44. The molecular weight excluding hydrogens is 273 g/mol. The molecule has 20 heavy (non-hydrogen) atoms. The molecule has 0 fully saturated rings. The molecule has 0 spiro atoms. The van der Waals surface area contributed by atoms with E-state index >= 15 is 0 Å². The topological polar surface area (TPSA) is 47.6 Å². The van der Waals surface area contributed by atoms with Gasteiger partial charge in [-0.1, -0.05) is 42.5 Å². The molecular formula is C15H22NO3P. The van der Waals surface area contributed by atoms with Gasteiger partial charge in [-0.05, 0) is 18.1 Å². The van der Waals surface area contributed by atoms with Crippen LogP contribution in [0, 0.1) is 0 Å². The van der Waals surface area contributed by atoms with Crippen molar-refractivity contribution in [2.24, 2.45) is 0 Å². The van der Waals surface area contributed by atoms with Crippen molar-refractivity contribution in [3.63, 3.8) is 0 Å². The molecule has 1 aromatic rings. The van der Waals surface area contributed by atoms with Crippen LogP contribution >= 0.6 is 7.60 Å². The minimum absolute atomic E-state index is 0.506. The predicted molar refractivity (Wildman–Crippen MR) is 83.7 cm³/mol. The van der Waals surface area contributed by atoms with Crippen molar-refractivity contribution in [1.29, 1.82) is 0 Å². The monoisotopic (exact) mass is 295 g/mol. The maximum absolute atomic E-state index is 12.7. The number of rotatable bonds is 8. The van der Waals surface area contributed by atoms with E-state index in [0.29, 0.717) is 6.54 Å². The molecule has 1 atom stereocenters. The normalized spacial score (nSPS) is 14.1. The second kappa shape index (κ2) is 8.18. The molecule has 1 aromatic carbocycles. The predicted octanol–water partition coefficient (Wildman–Crippen LogP) is 3.68. The molecule has 1 N–H and O–H groups in total. The molecule has 110 valence electrons. The lowest BCUT2D eigenvalue weighted by molar-refractivity contribution is 0.267. The van der Waals surface area contributed by atoms with Crippen molar-refractivity contribution in [3.8, 4) is 0 Å². The van der Waals surface area contributed by atoms with Crippen LogP contribution in [0.2, 0.25) is 0 Å². The molecule has 1 rings (SSSR count). The second-order valence-electron chi connectivity index (χ2n) is 4.11. The van der Waals surface area contributed by atoms with E-state index in [9.17, 15) is 4.57 Å². The van der Waals surface area contributed by atoms with Crippen LogP contribution in [0.4, 0.5) is 0 Å². The van der Waals surface area contributed by atoms with Crippen molar-refractivity contribution < 1.29 is 13.6 Å². The van der Waals surface area contributed by atoms with Gasteiger partial charge in [-0.15, -0.1) is 6.58 Å². The van der Waals surface area contributed by atoms with E-state index in [1.54, 1.807) is 6.08 Å². The molecule has 0 aliphatic heterocycles. The summed E-state index contributed by atoms with van der Waals surface area (Å²) in [7, 11) is -0.498. The Kier molecular flexibility index (Phi) is 6.89. The zero-order valence-corrected chi connectivity index (χ0v) is 13.1. The third-order valence-corrected chi connectivity index (χ3v) is 5.10. The van der Waals surface area contributed by atoms with Gasteiger partial charge in [-0.3, -0.25) is 9.88 Å². The standard InChI is InChI=1S/C15H22NO3P/c1-5-12-16-15(20(17,18-3)19-4)14(6-2)13-10-8-7-9-11-13/h5-11,15-16H,1,12H2,2-4H3/b14-6+. The van der Waals surface area contributed by atoms with Crippen LogP contribution in [0.25, 0.3) is 5.57 Å². The molecule has 0 amide bonds. The van der Waals surface area contributed by atoms with Crippen molar-refractivity contribution >= 4 is 13.2 Å². The summed E-state index contributed by atoms with van der Waals surface area (Å²) in [6, 6.07) is 9.75. The van der Waals surface area contributed by atoms with Gasteiger partial charge in [0.05, 0.1) is 0 Å². The fourth-order valence-corrected chi connectivity index (χ4v) is 3.52. The molecule has 0 aliphatic rings. The zero-order valence-electron chi connectivity index (χ0n) is 12.2. The van der Waals surface area contributed by atoms with Gasteiger partial charge in [0.2, 0.25) is 0 Å². The van der Waals surface area contributed by atoms with E-state index < -0.39 is 13.4 Å². The minimum atomic E-state index is -3.29. The first-order valence-corrected chi connectivity index (χ1v) is 8.01. The van der Waals surface area contributed by atoms with Crippen LogP contribution in [0.3, 0.4) is 0 Å². The van der Waals surface area contributed by atoms with E-state index in [0.717, 1.165) is 11.1 Å². The highest BCUT2D eigenvalue weighted by Gasteiger charge is 2.36. The summed E-state index contributed by atoms with van der Waals surface area (Å²) in [5, 5.41) is 3.16. The summed E-state index contributed by atoms with van der Waals surface area (Å²) in [6.45, 7) is 6.08. The summed E-state index contributed by atoms with van der Waals surface area (Å²) in [4.78, 5) is 0. The lowest BCUT2D eigenvalue weighted by atomic mass is 10.1. The molecule has 0 saturated heterocycles. The summed E-state index contributed by atoms with van der Waals surface area (Å²) in [5.41, 5.74) is 1.85. The molecule has 0 saturated carbocycles. The molecule has 0 aliphatic carbocycles. The van der Waals surface area contributed by atoms with Gasteiger partial charge in [-0.2, -0.15) is 0 Å². The first kappa shape index (κ1) is 16.9. The Bertz CT molecular complexity index is 491. The average Bonchev–Trinajstić information content (AvgIpc) is 2.51. The number of benzene rings is 1. The van der Waals surface area contributed by atoms with Crippen molar-refractivity contribution in [3.05, 3.63) is 54.6 Å². The Balaban J connectivity index is 3.21. The average molecular weight is 295 g/mol. The van der Waals surface area contributed by atoms with Crippen LogP contribution in [-0.2, 0) is 13.6 Å². The quantitative estimate of drug-likeness (QED) is 0.587. The Labute approximate surface area is 121 Å². The SMILES string of the molecule is C=CCNC(/C(=C/C)c1ccccc1)P(=O)(OC)OC. The van der Waals surface area contributed by atoms with E-state index in [1.165, 1.54) is 14.2 Å². The summed E-state index contributed by atoms with van der Waals surface area (Å²) >= 11 is 0. The Morgan fingerprint density at radius 1 is 1.35 bits per heavy atom. The molecule has 1 unspecified atom stereocenters. The minimum Gasteiger partial charge on any atom is -0.311 e. The van der Waals surface area contributed by atoms with E-state index in [1.807, 2.05) is 43.3 Å². The fraction of sp³-hybridized carbons (Fsp3) is 0.333. The van der Waals surface area contributed by atoms with Gasteiger partial charge >= 0.3 is 7.60 Å². The molecule has 4 nitrogen and oxygen atoms in total. The fourth-order valence-electron chi connectivity index (χ4n) is 1.99. The van der Waals surface area contributed by atoms with Crippen molar-refractivity contribution in [1.82, 2.24) is 5.32 Å². The Morgan fingerprint density at radius 3 is 2.40 bits per heavy atom. The summed E-state index contributed by atoms with van der Waals surface area (Å²) in [5.74, 6) is -0.539. The first-order chi connectivity index (χ1) is 9.62. The number of hydrogen-bond acceptors (Lipinski definition) is 4. The van der Waals surface area contributed by atoms with Gasteiger partial charge in [0.15, 0.2) is 0 Å². The Morgan fingerprint density at radius 2 is 1.95 bits per heavy atom. The number of allylic oxidation sites excluding steroid dienone is 1. The van der Waals surface area contributed by atoms with E-state index in [4.69, 9.17) is 9.05 Å². The third kappa shape index (κ3) is 3.90. The maximum Gasteiger partial charge on any atom is 0.351 e. The highest BCUT2D eigenvalue weighted by Crippen LogP contribution is 2.54. The van der Waals surface area contributed by atoms with Gasteiger partial charge < -0.3 is 9.05 Å². The van der Waals surface area contributed by atoms with Gasteiger partial charge in [0, 0.05) is 20.8 Å². The molecule has 0 radical (unpaired) electrons. The lowest BCUT2D eigenvalue weighted by Gasteiger charge is -2.27. The molecule has 0 aromatic heterocycles. The van der Waals surface area contributed by atoms with E-state index in [2.05, 4.69) is 11.9 Å². The van der Waals surface area contributed by atoms with E-state index in [-0.39, 0.29) is 0 Å². The van der Waals surface area contributed by atoms with Crippen LogP contribution in [0.5, 0.6) is 0 Å². The smallest absolute Gasteiger partial charge is 0.311 e. The molecule has 5 heteroatoms. The number of nitrogens with one attached hydrogen (secondary N) is 1. The summed E-state index contributed by atoms with van der Waals surface area (Å²) < 4.78 is 23.0. The highest BCUT2D eigenvalue weighted by molar-refractivity contribution is 7.55. The summed E-state index contributed by atoms with van der Waals surface area (Å²) in [6.07, 6.45) is 3.63. The van der Waals surface area contributed by atoms with Gasteiger partial charge in [0.1, 0.15) is 5.78 Å².